The molecule has 1 N–H and O–H groups in total. The lowest BCUT2D eigenvalue weighted by Gasteiger charge is -2.30. The molecule has 2 aromatic rings. The third-order valence-corrected chi connectivity index (χ3v) is 7.96. The van der Waals surface area contributed by atoms with Gasteiger partial charge in [-0.2, -0.15) is 0 Å². The summed E-state index contributed by atoms with van der Waals surface area (Å²) in [5, 5.41) is 0. The summed E-state index contributed by atoms with van der Waals surface area (Å²) in [4.78, 5) is 17.2. The first-order chi connectivity index (χ1) is 16.4. The van der Waals surface area contributed by atoms with Crippen LogP contribution in [0.5, 0.6) is 5.75 Å². The van der Waals surface area contributed by atoms with Crippen LogP contribution in [0.1, 0.15) is 35.7 Å². The Morgan fingerprint density at radius 1 is 1.06 bits per heavy atom. The van der Waals surface area contributed by atoms with Crippen molar-refractivity contribution in [2.24, 2.45) is 5.92 Å². The molecule has 0 unspecified atom stereocenters. The highest BCUT2D eigenvalue weighted by molar-refractivity contribution is 7.89. The number of likely N-dealkylation sites (tertiary alicyclic amines) is 1. The van der Waals surface area contributed by atoms with Gasteiger partial charge in [-0.15, -0.1) is 0 Å². The van der Waals surface area contributed by atoms with E-state index in [1.807, 2.05) is 24.3 Å². The molecule has 184 valence electrons. The third kappa shape index (κ3) is 5.71. The van der Waals surface area contributed by atoms with Crippen molar-refractivity contribution in [3.05, 3.63) is 53.6 Å². The van der Waals surface area contributed by atoms with Crippen LogP contribution in [0, 0.1) is 5.92 Å². The lowest BCUT2D eigenvalue weighted by molar-refractivity contribution is 0.0693. The molecule has 34 heavy (non-hydrogen) atoms. The van der Waals surface area contributed by atoms with E-state index in [1.54, 1.807) is 11.0 Å². The first-order valence-electron chi connectivity index (χ1n) is 11.8. The number of morpholine rings is 1. The van der Waals surface area contributed by atoms with Crippen LogP contribution < -0.4 is 14.4 Å². The van der Waals surface area contributed by atoms with E-state index in [9.17, 15) is 13.2 Å². The standard InChI is InChI=1S/C25H33N3O5S/c1-19-9-11-28(12-10-19)25(29)23-17-22(7-8-24(23)32-2)34(30,31)26-18-20-3-5-21(6-4-20)27-13-15-33-16-14-27/h3-8,17,19,26H,9-16,18H2,1-2H3. The molecule has 2 fully saturated rings. The fourth-order valence-corrected chi connectivity index (χ4v) is 5.35. The van der Waals surface area contributed by atoms with E-state index in [4.69, 9.17) is 9.47 Å². The number of carbonyl (C=O) groups excluding carboxylic acids is 1. The Hall–Kier alpha value is -2.62. The Balaban J connectivity index is 1.45. The molecule has 0 aliphatic carbocycles. The van der Waals surface area contributed by atoms with Crippen LogP contribution in [0.2, 0.25) is 0 Å². The van der Waals surface area contributed by atoms with Crippen LogP contribution in [-0.2, 0) is 21.3 Å². The minimum absolute atomic E-state index is 0.0481. The first-order valence-corrected chi connectivity index (χ1v) is 13.2. The van der Waals surface area contributed by atoms with Gasteiger partial charge in [-0.1, -0.05) is 19.1 Å². The van der Waals surface area contributed by atoms with Gasteiger partial charge in [-0.05, 0) is 54.7 Å². The molecule has 2 aliphatic rings. The summed E-state index contributed by atoms with van der Waals surface area (Å²) in [5.74, 6) is 0.769. The van der Waals surface area contributed by atoms with Gasteiger partial charge in [0.2, 0.25) is 10.0 Å². The van der Waals surface area contributed by atoms with Gasteiger partial charge in [0.05, 0.1) is 30.8 Å². The minimum Gasteiger partial charge on any atom is -0.496 e. The van der Waals surface area contributed by atoms with Gasteiger partial charge in [0.25, 0.3) is 5.91 Å². The number of anilines is 1. The van der Waals surface area contributed by atoms with Crippen LogP contribution >= 0.6 is 0 Å². The highest BCUT2D eigenvalue weighted by atomic mass is 32.2. The van der Waals surface area contributed by atoms with Gasteiger partial charge in [0.1, 0.15) is 5.75 Å². The van der Waals surface area contributed by atoms with Crippen molar-refractivity contribution in [1.82, 2.24) is 9.62 Å². The SMILES string of the molecule is COc1ccc(S(=O)(=O)NCc2ccc(N3CCOCC3)cc2)cc1C(=O)N1CCC(C)CC1. The molecule has 1 amide bonds. The van der Waals surface area contributed by atoms with Crippen LogP contribution in [0.3, 0.4) is 0 Å². The number of nitrogens with one attached hydrogen (secondary N) is 1. The number of piperidine rings is 1. The topological polar surface area (TPSA) is 88.2 Å². The van der Waals surface area contributed by atoms with Crippen molar-refractivity contribution in [3.8, 4) is 5.75 Å². The number of sulfonamides is 1. The maximum absolute atomic E-state index is 13.1. The number of benzene rings is 2. The molecular weight excluding hydrogens is 454 g/mol. The Kier molecular flexibility index (Phi) is 7.75. The average Bonchev–Trinajstić information content (AvgIpc) is 2.88. The van der Waals surface area contributed by atoms with E-state index in [-0.39, 0.29) is 22.9 Å². The largest absolute Gasteiger partial charge is 0.496 e. The second-order valence-electron chi connectivity index (χ2n) is 8.93. The zero-order valence-electron chi connectivity index (χ0n) is 19.8. The van der Waals surface area contributed by atoms with Crippen LogP contribution in [-0.4, -0.2) is 65.7 Å². The predicted molar refractivity (Wildman–Crippen MR) is 131 cm³/mol. The third-order valence-electron chi connectivity index (χ3n) is 6.56. The number of hydrogen-bond acceptors (Lipinski definition) is 6. The molecule has 2 saturated heterocycles. The van der Waals surface area contributed by atoms with E-state index in [0.717, 1.165) is 37.2 Å². The van der Waals surface area contributed by atoms with E-state index < -0.39 is 10.0 Å². The predicted octanol–water partition coefficient (Wildman–Crippen LogP) is 2.88. The number of hydrogen-bond donors (Lipinski definition) is 1. The molecule has 0 radical (unpaired) electrons. The molecule has 2 aliphatic heterocycles. The highest BCUT2D eigenvalue weighted by Gasteiger charge is 2.26. The minimum atomic E-state index is -3.81. The molecule has 0 saturated carbocycles. The Bertz CT molecular complexity index is 1090. The number of ether oxygens (including phenoxy) is 2. The highest BCUT2D eigenvalue weighted by Crippen LogP contribution is 2.26. The Morgan fingerprint density at radius 3 is 2.38 bits per heavy atom. The molecule has 0 spiro atoms. The monoisotopic (exact) mass is 487 g/mol. The maximum Gasteiger partial charge on any atom is 0.257 e. The lowest BCUT2D eigenvalue weighted by atomic mass is 9.98. The summed E-state index contributed by atoms with van der Waals surface area (Å²) in [6, 6.07) is 12.3. The van der Waals surface area contributed by atoms with E-state index in [0.29, 0.717) is 38.0 Å². The first kappa shape index (κ1) is 24.5. The van der Waals surface area contributed by atoms with Crippen molar-refractivity contribution in [1.29, 1.82) is 0 Å². The van der Waals surface area contributed by atoms with Crippen molar-refractivity contribution in [3.63, 3.8) is 0 Å². The van der Waals surface area contributed by atoms with Gasteiger partial charge in [-0.25, -0.2) is 13.1 Å². The van der Waals surface area contributed by atoms with Crippen molar-refractivity contribution < 1.29 is 22.7 Å². The van der Waals surface area contributed by atoms with E-state index in [1.165, 1.54) is 19.2 Å². The van der Waals surface area contributed by atoms with Crippen molar-refractivity contribution in [2.45, 2.75) is 31.2 Å². The molecule has 0 atom stereocenters. The summed E-state index contributed by atoms with van der Waals surface area (Å²) in [5.41, 5.74) is 2.22. The summed E-state index contributed by atoms with van der Waals surface area (Å²) in [7, 11) is -2.33. The molecule has 0 bridgehead atoms. The molecule has 4 rings (SSSR count). The summed E-state index contributed by atoms with van der Waals surface area (Å²) in [6.07, 6.45) is 1.88. The smallest absolute Gasteiger partial charge is 0.257 e. The van der Waals surface area contributed by atoms with Gasteiger partial charge in [0, 0.05) is 38.4 Å². The molecule has 8 nitrogen and oxygen atoms in total. The molecule has 2 heterocycles. The maximum atomic E-state index is 13.1. The fourth-order valence-electron chi connectivity index (χ4n) is 4.31. The quantitative estimate of drug-likeness (QED) is 0.646. The Morgan fingerprint density at radius 2 is 1.74 bits per heavy atom. The van der Waals surface area contributed by atoms with E-state index >= 15 is 0 Å². The van der Waals surface area contributed by atoms with E-state index in [2.05, 4.69) is 16.5 Å². The van der Waals surface area contributed by atoms with Crippen LogP contribution in [0.4, 0.5) is 5.69 Å². The molecule has 0 aromatic heterocycles. The number of methoxy groups -OCH3 is 1. The number of nitrogens with zero attached hydrogens (tertiary/aromatic N) is 2. The number of carbonyl (C=O) groups is 1. The zero-order valence-corrected chi connectivity index (χ0v) is 20.6. The van der Waals surface area contributed by atoms with Gasteiger partial charge < -0.3 is 19.3 Å². The van der Waals surface area contributed by atoms with Crippen molar-refractivity contribution >= 4 is 21.6 Å². The van der Waals surface area contributed by atoms with Gasteiger partial charge >= 0.3 is 0 Å². The Labute approximate surface area is 201 Å². The number of amides is 1. The lowest BCUT2D eigenvalue weighted by Crippen LogP contribution is -2.38. The van der Waals surface area contributed by atoms with Crippen molar-refractivity contribution in [2.75, 3.05) is 51.4 Å². The normalized spacial score (nSPS) is 17.6. The summed E-state index contributed by atoms with van der Waals surface area (Å²) >= 11 is 0. The molecular formula is C25H33N3O5S. The zero-order chi connectivity index (χ0) is 24.1. The second-order valence-corrected chi connectivity index (χ2v) is 10.7. The van der Waals surface area contributed by atoms with Crippen LogP contribution in [0.25, 0.3) is 0 Å². The van der Waals surface area contributed by atoms with Gasteiger partial charge in [0.15, 0.2) is 0 Å². The summed E-state index contributed by atoms with van der Waals surface area (Å²) < 4.78 is 39.4. The fraction of sp³-hybridized carbons (Fsp3) is 0.480. The number of rotatable bonds is 7. The second kappa shape index (κ2) is 10.8. The molecule has 9 heteroatoms. The van der Waals surface area contributed by atoms with Gasteiger partial charge in [-0.3, -0.25) is 4.79 Å². The van der Waals surface area contributed by atoms with Crippen LogP contribution in [0.15, 0.2) is 47.4 Å². The average molecular weight is 488 g/mol. The molecule has 2 aromatic carbocycles. The summed E-state index contributed by atoms with van der Waals surface area (Å²) in [6.45, 7) is 6.79.